The van der Waals surface area contributed by atoms with E-state index in [2.05, 4.69) is 5.32 Å². The Morgan fingerprint density at radius 1 is 1.43 bits per heavy atom. The molecule has 112 valence electrons. The standard InChI is InChI=1S/C14H16N2O5/c1-3-4-5-14(18)21-9-13(17)15-12-8-11(16(19)20)7-6-10(12)2/h4-8H,3,9H2,1-2H3,(H,15,17)/b5-4+. The summed E-state index contributed by atoms with van der Waals surface area (Å²) in [6, 6.07) is 4.14. The first kappa shape index (κ1) is 16.4. The summed E-state index contributed by atoms with van der Waals surface area (Å²) in [5.41, 5.74) is 0.860. The fourth-order valence-electron chi connectivity index (χ4n) is 1.44. The Balaban J connectivity index is 2.62. The molecule has 1 aromatic rings. The number of nitrogens with one attached hydrogen (secondary N) is 1. The second-order valence-electron chi connectivity index (χ2n) is 4.22. The zero-order valence-electron chi connectivity index (χ0n) is 11.8. The molecular formula is C14H16N2O5. The smallest absolute Gasteiger partial charge is 0.330 e. The predicted octanol–water partition coefficient (Wildman–Crippen LogP) is 2.35. The van der Waals surface area contributed by atoms with Crippen molar-refractivity contribution < 1.29 is 19.2 Å². The molecule has 0 unspecified atom stereocenters. The van der Waals surface area contributed by atoms with Crippen LogP contribution < -0.4 is 5.32 Å². The van der Waals surface area contributed by atoms with E-state index in [-0.39, 0.29) is 5.69 Å². The van der Waals surface area contributed by atoms with Gasteiger partial charge < -0.3 is 10.1 Å². The number of esters is 1. The van der Waals surface area contributed by atoms with Crippen LogP contribution in [0.4, 0.5) is 11.4 Å². The van der Waals surface area contributed by atoms with Gasteiger partial charge in [-0.05, 0) is 18.9 Å². The second-order valence-corrected chi connectivity index (χ2v) is 4.22. The molecule has 0 atom stereocenters. The van der Waals surface area contributed by atoms with Crippen LogP contribution in [0.1, 0.15) is 18.9 Å². The summed E-state index contributed by atoms with van der Waals surface area (Å²) >= 11 is 0. The minimum atomic E-state index is -0.609. The maximum Gasteiger partial charge on any atom is 0.330 e. The molecule has 0 saturated carbocycles. The molecule has 0 spiro atoms. The molecule has 0 heterocycles. The highest BCUT2D eigenvalue weighted by atomic mass is 16.6. The van der Waals surface area contributed by atoms with Crippen molar-refractivity contribution in [1.29, 1.82) is 0 Å². The Morgan fingerprint density at radius 2 is 2.14 bits per heavy atom. The highest BCUT2D eigenvalue weighted by molar-refractivity contribution is 5.94. The minimum Gasteiger partial charge on any atom is -0.452 e. The Hall–Kier alpha value is -2.70. The summed E-state index contributed by atoms with van der Waals surface area (Å²) in [5.74, 6) is -1.17. The third kappa shape index (κ3) is 5.43. The van der Waals surface area contributed by atoms with Gasteiger partial charge in [0.2, 0.25) is 0 Å². The second kappa shape index (κ2) is 7.78. The van der Waals surface area contributed by atoms with Crippen molar-refractivity contribution >= 4 is 23.3 Å². The minimum absolute atomic E-state index is 0.126. The number of hydrogen-bond donors (Lipinski definition) is 1. The van der Waals surface area contributed by atoms with Crippen molar-refractivity contribution in [3.63, 3.8) is 0 Å². The van der Waals surface area contributed by atoms with E-state index in [1.165, 1.54) is 24.3 Å². The van der Waals surface area contributed by atoms with Crippen molar-refractivity contribution in [1.82, 2.24) is 0 Å². The molecule has 1 aromatic carbocycles. The van der Waals surface area contributed by atoms with Gasteiger partial charge in [-0.1, -0.05) is 19.1 Å². The van der Waals surface area contributed by atoms with Gasteiger partial charge in [-0.2, -0.15) is 0 Å². The Kier molecular flexibility index (Phi) is 6.06. The largest absolute Gasteiger partial charge is 0.452 e. The van der Waals surface area contributed by atoms with Crippen LogP contribution in [0, 0.1) is 17.0 Å². The first-order valence-electron chi connectivity index (χ1n) is 6.32. The summed E-state index contributed by atoms with van der Waals surface area (Å²) in [7, 11) is 0. The summed E-state index contributed by atoms with van der Waals surface area (Å²) < 4.78 is 4.72. The topological polar surface area (TPSA) is 98.5 Å². The monoisotopic (exact) mass is 292 g/mol. The first-order valence-corrected chi connectivity index (χ1v) is 6.32. The van der Waals surface area contributed by atoms with E-state index in [0.29, 0.717) is 17.7 Å². The van der Waals surface area contributed by atoms with Gasteiger partial charge in [0.25, 0.3) is 11.6 Å². The van der Waals surface area contributed by atoms with Gasteiger partial charge in [0.1, 0.15) is 0 Å². The zero-order valence-corrected chi connectivity index (χ0v) is 11.8. The van der Waals surface area contributed by atoms with Crippen LogP contribution in [0.2, 0.25) is 0 Å². The molecule has 1 amide bonds. The highest BCUT2D eigenvalue weighted by Gasteiger charge is 2.12. The average molecular weight is 292 g/mol. The normalized spacial score (nSPS) is 10.4. The summed E-state index contributed by atoms with van der Waals surface area (Å²) in [6.07, 6.45) is 3.55. The number of ether oxygens (including phenoxy) is 1. The number of hydrogen-bond acceptors (Lipinski definition) is 5. The number of carbonyl (C=O) groups is 2. The molecule has 1 N–H and O–H groups in total. The lowest BCUT2D eigenvalue weighted by Crippen LogP contribution is -2.20. The Bertz CT molecular complexity index is 581. The number of aryl methyl sites for hydroxylation is 1. The number of nitro benzene ring substituents is 1. The molecule has 0 radical (unpaired) electrons. The van der Waals surface area contributed by atoms with Gasteiger partial charge in [0, 0.05) is 18.2 Å². The van der Waals surface area contributed by atoms with Crippen molar-refractivity contribution in [2.24, 2.45) is 0 Å². The molecule has 7 heteroatoms. The average Bonchev–Trinajstić information content (AvgIpc) is 2.45. The Morgan fingerprint density at radius 3 is 2.76 bits per heavy atom. The highest BCUT2D eigenvalue weighted by Crippen LogP contribution is 2.21. The van der Waals surface area contributed by atoms with Gasteiger partial charge >= 0.3 is 5.97 Å². The molecule has 0 saturated heterocycles. The number of amides is 1. The third-order valence-corrected chi connectivity index (χ3v) is 2.54. The van der Waals surface area contributed by atoms with E-state index in [1.807, 2.05) is 6.92 Å². The molecule has 0 fully saturated rings. The summed E-state index contributed by atoms with van der Waals surface area (Å²) in [5, 5.41) is 13.2. The maximum absolute atomic E-state index is 11.6. The zero-order chi connectivity index (χ0) is 15.8. The quantitative estimate of drug-likeness (QED) is 0.375. The molecule has 1 rings (SSSR count). The maximum atomic E-state index is 11.6. The number of rotatable bonds is 6. The van der Waals surface area contributed by atoms with Crippen LogP contribution in [-0.4, -0.2) is 23.4 Å². The van der Waals surface area contributed by atoms with E-state index in [9.17, 15) is 19.7 Å². The number of nitro groups is 1. The van der Waals surface area contributed by atoms with E-state index in [4.69, 9.17) is 4.74 Å². The number of anilines is 1. The number of nitrogens with zero attached hydrogens (tertiary/aromatic N) is 1. The van der Waals surface area contributed by atoms with Crippen molar-refractivity contribution in [2.45, 2.75) is 20.3 Å². The fraction of sp³-hybridized carbons (Fsp3) is 0.286. The molecule has 0 aromatic heterocycles. The van der Waals surface area contributed by atoms with E-state index in [0.717, 1.165) is 0 Å². The lowest BCUT2D eigenvalue weighted by molar-refractivity contribution is -0.384. The molecule has 0 aliphatic carbocycles. The number of carbonyl (C=O) groups excluding carboxylic acids is 2. The number of benzene rings is 1. The first-order chi connectivity index (χ1) is 9.93. The third-order valence-electron chi connectivity index (χ3n) is 2.54. The van der Waals surface area contributed by atoms with Crippen LogP contribution in [0.5, 0.6) is 0 Å². The van der Waals surface area contributed by atoms with E-state index < -0.39 is 23.4 Å². The van der Waals surface area contributed by atoms with Crippen LogP contribution >= 0.6 is 0 Å². The van der Waals surface area contributed by atoms with Crippen molar-refractivity contribution in [2.75, 3.05) is 11.9 Å². The van der Waals surface area contributed by atoms with Crippen molar-refractivity contribution in [3.05, 3.63) is 46.0 Å². The number of allylic oxidation sites excluding steroid dienone is 1. The lowest BCUT2D eigenvalue weighted by atomic mass is 10.2. The van der Waals surface area contributed by atoms with Gasteiger partial charge in [-0.25, -0.2) is 4.79 Å². The van der Waals surface area contributed by atoms with E-state index >= 15 is 0 Å². The SMILES string of the molecule is CC/C=C/C(=O)OCC(=O)Nc1cc([N+](=O)[O-])ccc1C. The van der Waals surface area contributed by atoms with Gasteiger partial charge in [-0.3, -0.25) is 14.9 Å². The van der Waals surface area contributed by atoms with Crippen LogP contribution in [0.15, 0.2) is 30.4 Å². The molecule has 0 aliphatic heterocycles. The van der Waals surface area contributed by atoms with Gasteiger partial charge in [-0.15, -0.1) is 0 Å². The number of non-ortho nitro benzene ring substituents is 1. The predicted molar refractivity (Wildman–Crippen MR) is 76.9 cm³/mol. The lowest BCUT2D eigenvalue weighted by Gasteiger charge is -2.08. The van der Waals surface area contributed by atoms with Crippen LogP contribution in [0.25, 0.3) is 0 Å². The fourth-order valence-corrected chi connectivity index (χ4v) is 1.44. The Labute approximate surface area is 121 Å². The van der Waals surface area contributed by atoms with E-state index in [1.54, 1.807) is 13.0 Å². The molecule has 21 heavy (non-hydrogen) atoms. The van der Waals surface area contributed by atoms with Crippen LogP contribution in [0.3, 0.4) is 0 Å². The molecule has 7 nitrogen and oxygen atoms in total. The molecule has 0 bridgehead atoms. The van der Waals surface area contributed by atoms with Crippen molar-refractivity contribution in [3.8, 4) is 0 Å². The molecule has 0 aliphatic rings. The van der Waals surface area contributed by atoms with Gasteiger partial charge in [0.05, 0.1) is 10.6 Å². The van der Waals surface area contributed by atoms with Crippen LogP contribution in [-0.2, 0) is 14.3 Å². The van der Waals surface area contributed by atoms with Gasteiger partial charge in [0.15, 0.2) is 6.61 Å². The molecular weight excluding hydrogens is 276 g/mol. The summed E-state index contributed by atoms with van der Waals surface area (Å²) in [4.78, 5) is 33.0. The summed E-state index contributed by atoms with van der Waals surface area (Å²) in [6.45, 7) is 3.12.